The van der Waals surface area contributed by atoms with Crippen LogP contribution in [-0.2, 0) is 7.05 Å². The van der Waals surface area contributed by atoms with Crippen LogP contribution in [0.5, 0.6) is 0 Å². The SMILES string of the molecule is Cc1cccc(C)c1-n1ccnc1-c1cccc2nc(-c3ccccc3)n(C)c12. The van der Waals surface area contributed by atoms with Gasteiger partial charge >= 0.3 is 0 Å². The van der Waals surface area contributed by atoms with Gasteiger partial charge in [0, 0.05) is 30.6 Å². The quantitative estimate of drug-likeness (QED) is 0.403. The molecule has 0 saturated carbocycles. The fraction of sp³-hybridized carbons (Fsp3) is 0.120. The maximum absolute atomic E-state index is 4.92. The molecule has 4 nitrogen and oxygen atoms in total. The van der Waals surface area contributed by atoms with E-state index in [4.69, 9.17) is 9.97 Å². The second-order valence-corrected chi connectivity index (χ2v) is 7.40. The average Bonchev–Trinajstić information content (AvgIpc) is 3.34. The zero-order valence-corrected chi connectivity index (χ0v) is 16.8. The molecule has 5 aromatic rings. The van der Waals surface area contributed by atoms with Gasteiger partial charge in [0.15, 0.2) is 0 Å². The largest absolute Gasteiger partial charge is 0.327 e. The minimum Gasteiger partial charge on any atom is -0.327 e. The lowest BCUT2D eigenvalue weighted by Crippen LogP contribution is -2.02. The molecule has 0 saturated heterocycles. The number of aryl methyl sites for hydroxylation is 3. The third-order valence-electron chi connectivity index (χ3n) is 5.49. The van der Waals surface area contributed by atoms with Gasteiger partial charge in [-0.25, -0.2) is 9.97 Å². The van der Waals surface area contributed by atoms with Crippen molar-refractivity contribution in [3.63, 3.8) is 0 Å². The molecule has 0 radical (unpaired) electrons. The second kappa shape index (κ2) is 6.74. The summed E-state index contributed by atoms with van der Waals surface area (Å²) in [5.41, 5.74) is 7.88. The molecule has 0 aliphatic carbocycles. The first-order valence-electron chi connectivity index (χ1n) is 9.76. The van der Waals surface area contributed by atoms with Gasteiger partial charge in [-0.3, -0.25) is 4.57 Å². The van der Waals surface area contributed by atoms with Gasteiger partial charge in [0.05, 0.1) is 16.7 Å². The molecule has 0 fully saturated rings. The molecule has 0 atom stereocenters. The number of rotatable bonds is 3. The molecular formula is C25H22N4. The van der Waals surface area contributed by atoms with Crippen molar-refractivity contribution in [3.05, 3.63) is 90.3 Å². The van der Waals surface area contributed by atoms with Crippen molar-refractivity contribution in [1.82, 2.24) is 19.1 Å². The predicted molar refractivity (Wildman–Crippen MR) is 118 cm³/mol. The monoisotopic (exact) mass is 378 g/mol. The van der Waals surface area contributed by atoms with E-state index in [-0.39, 0.29) is 0 Å². The molecule has 0 bridgehead atoms. The van der Waals surface area contributed by atoms with E-state index in [0.717, 1.165) is 33.8 Å². The van der Waals surface area contributed by atoms with E-state index >= 15 is 0 Å². The molecule has 5 rings (SSSR count). The number of hydrogen-bond donors (Lipinski definition) is 0. The van der Waals surface area contributed by atoms with E-state index in [2.05, 4.69) is 78.6 Å². The van der Waals surface area contributed by atoms with Crippen LogP contribution < -0.4 is 0 Å². The Labute approximate surface area is 170 Å². The third-order valence-corrected chi connectivity index (χ3v) is 5.49. The highest BCUT2D eigenvalue weighted by molar-refractivity contribution is 5.93. The van der Waals surface area contributed by atoms with Gasteiger partial charge in [0.1, 0.15) is 11.6 Å². The molecule has 0 spiro atoms. The Hall–Kier alpha value is -3.66. The Morgan fingerprint density at radius 2 is 1.48 bits per heavy atom. The summed E-state index contributed by atoms with van der Waals surface area (Å²) in [7, 11) is 2.08. The van der Waals surface area contributed by atoms with E-state index < -0.39 is 0 Å². The molecular weight excluding hydrogens is 356 g/mol. The molecule has 2 aromatic heterocycles. The van der Waals surface area contributed by atoms with Crippen LogP contribution >= 0.6 is 0 Å². The van der Waals surface area contributed by atoms with Crippen molar-refractivity contribution in [2.45, 2.75) is 13.8 Å². The van der Waals surface area contributed by atoms with Gasteiger partial charge in [-0.2, -0.15) is 0 Å². The van der Waals surface area contributed by atoms with E-state index in [1.165, 1.54) is 16.8 Å². The molecule has 142 valence electrons. The van der Waals surface area contributed by atoms with E-state index in [0.29, 0.717) is 0 Å². The summed E-state index contributed by atoms with van der Waals surface area (Å²) in [6, 6.07) is 22.9. The first-order valence-corrected chi connectivity index (χ1v) is 9.76. The molecule has 0 aliphatic rings. The standard InChI is InChI=1S/C25H22N4/c1-17-9-7-10-18(2)22(17)29-16-15-26-25(29)20-13-8-14-21-23(20)28(3)24(27-21)19-11-5-4-6-12-19/h4-16H,1-3H3. The van der Waals surface area contributed by atoms with E-state index in [1.54, 1.807) is 0 Å². The minimum absolute atomic E-state index is 0.926. The summed E-state index contributed by atoms with van der Waals surface area (Å²) in [6.07, 6.45) is 3.91. The smallest absolute Gasteiger partial charge is 0.146 e. The molecule has 4 heteroatoms. The number of fused-ring (bicyclic) bond motifs is 1. The van der Waals surface area contributed by atoms with Crippen molar-refractivity contribution < 1.29 is 0 Å². The third kappa shape index (κ3) is 2.76. The molecule has 0 unspecified atom stereocenters. The summed E-state index contributed by atoms with van der Waals surface area (Å²) in [4.78, 5) is 9.66. The van der Waals surface area contributed by atoms with Gasteiger partial charge in [-0.05, 0) is 37.1 Å². The summed E-state index contributed by atoms with van der Waals surface area (Å²) in [6.45, 7) is 4.29. The van der Waals surface area contributed by atoms with Gasteiger partial charge in [0.2, 0.25) is 0 Å². The van der Waals surface area contributed by atoms with Crippen molar-refractivity contribution in [2.75, 3.05) is 0 Å². The highest BCUT2D eigenvalue weighted by atomic mass is 15.1. The number of nitrogens with zero attached hydrogens (tertiary/aromatic N) is 4. The Morgan fingerprint density at radius 3 is 2.24 bits per heavy atom. The molecule has 29 heavy (non-hydrogen) atoms. The Balaban J connectivity index is 1.77. The average molecular weight is 378 g/mol. The number of para-hydroxylation sites is 2. The molecule has 3 aromatic carbocycles. The van der Waals surface area contributed by atoms with Crippen LogP contribution in [0, 0.1) is 13.8 Å². The fourth-order valence-electron chi connectivity index (χ4n) is 4.16. The van der Waals surface area contributed by atoms with Crippen molar-refractivity contribution in [2.24, 2.45) is 7.05 Å². The highest BCUT2D eigenvalue weighted by Gasteiger charge is 2.18. The van der Waals surface area contributed by atoms with Crippen molar-refractivity contribution in [1.29, 1.82) is 0 Å². The first-order chi connectivity index (χ1) is 14.1. The summed E-state index contributed by atoms with van der Waals surface area (Å²) >= 11 is 0. The van der Waals surface area contributed by atoms with Gasteiger partial charge < -0.3 is 4.57 Å². The molecule has 0 N–H and O–H groups in total. The second-order valence-electron chi connectivity index (χ2n) is 7.40. The molecule has 2 heterocycles. The molecule has 0 aliphatic heterocycles. The number of benzene rings is 3. The zero-order valence-electron chi connectivity index (χ0n) is 16.8. The number of imidazole rings is 2. The van der Waals surface area contributed by atoms with E-state index in [9.17, 15) is 0 Å². The van der Waals surface area contributed by atoms with Gasteiger partial charge in [-0.15, -0.1) is 0 Å². The summed E-state index contributed by atoms with van der Waals surface area (Å²) in [5.74, 6) is 1.88. The molecule has 0 amide bonds. The predicted octanol–water partition coefficient (Wildman–Crippen LogP) is 5.71. The Kier molecular flexibility index (Phi) is 4.06. The van der Waals surface area contributed by atoms with Crippen LogP contribution in [0.4, 0.5) is 0 Å². The van der Waals surface area contributed by atoms with Crippen molar-refractivity contribution in [3.8, 4) is 28.5 Å². The highest BCUT2D eigenvalue weighted by Crippen LogP contribution is 2.33. The van der Waals surface area contributed by atoms with Crippen LogP contribution in [0.1, 0.15) is 11.1 Å². The maximum atomic E-state index is 4.92. The lowest BCUT2D eigenvalue weighted by Gasteiger charge is -2.15. The number of aromatic nitrogens is 4. The minimum atomic E-state index is 0.926. The maximum Gasteiger partial charge on any atom is 0.146 e. The van der Waals surface area contributed by atoms with E-state index in [1.807, 2.05) is 30.6 Å². The topological polar surface area (TPSA) is 35.6 Å². The van der Waals surface area contributed by atoms with Crippen molar-refractivity contribution >= 4 is 11.0 Å². The van der Waals surface area contributed by atoms with Crippen LogP contribution in [0.3, 0.4) is 0 Å². The van der Waals surface area contributed by atoms with Crippen LogP contribution in [0.15, 0.2) is 79.1 Å². The lowest BCUT2D eigenvalue weighted by atomic mass is 10.1. The Morgan fingerprint density at radius 1 is 0.759 bits per heavy atom. The number of hydrogen-bond acceptors (Lipinski definition) is 2. The van der Waals surface area contributed by atoms with Crippen LogP contribution in [0.2, 0.25) is 0 Å². The van der Waals surface area contributed by atoms with Crippen LogP contribution in [0.25, 0.3) is 39.5 Å². The summed E-state index contributed by atoms with van der Waals surface area (Å²) < 4.78 is 4.36. The van der Waals surface area contributed by atoms with Gasteiger partial charge in [-0.1, -0.05) is 54.6 Å². The van der Waals surface area contributed by atoms with Gasteiger partial charge in [0.25, 0.3) is 0 Å². The Bertz CT molecular complexity index is 1310. The fourth-order valence-corrected chi connectivity index (χ4v) is 4.16. The lowest BCUT2D eigenvalue weighted by molar-refractivity contribution is 0.956. The normalized spacial score (nSPS) is 11.3. The first kappa shape index (κ1) is 17.4. The zero-order chi connectivity index (χ0) is 20.0. The summed E-state index contributed by atoms with van der Waals surface area (Å²) in [5, 5.41) is 0. The van der Waals surface area contributed by atoms with Crippen LogP contribution in [-0.4, -0.2) is 19.1 Å².